The summed E-state index contributed by atoms with van der Waals surface area (Å²) in [4.78, 5) is 0. The molecule has 0 spiro atoms. The topological polar surface area (TPSA) is 40.5 Å². The third kappa shape index (κ3) is 12.1. The molecule has 2 N–H and O–H groups in total. The second-order valence-corrected chi connectivity index (χ2v) is 0.141. The van der Waals surface area contributed by atoms with E-state index in [-0.39, 0.29) is 29.6 Å². The van der Waals surface area contributed by atoms with Crippen LogP contribution in [-0.2, 0) is 0 Å². The van der Waals surface area contributed by atoms with E-state index in [0.29, 0.717) is 0 Å². The SMILES string of the molecule is OBO.[NaH]. The van der Waals surface area contributed by atoms with Crippen molar-refractivity contribution in [3.8, 4) is 0 Å². The van der Waals surface area contributed by atoms with Crippen LogP contribution in [0, 0.1) is 0 Å². The van der Waals surface area contributed by atoms with Crippen LogP contribution in [0.2, 0.25) is 0 Å². The molecule has 0 fully saturated rings. The van der Waals surface area contributed by atoms with E-state index in [1.807, 2.05) is 0 Å². The van der Waals surface area contributed by atoms with Crippen molar-refractivity contribution in [1.82, 2.24) is 0 Å². The molecule has 0 rings (SSSR count). The second-order valence-electron chi connectivity index (χ2n) is 0.141. The Hall–Kier alpha value is 0.985. The standard InChI is InChI=1S/BH3O2.Na.H/c2-1-3;;/h1-3H;;. The van der Waals surface area contributed by atoms with Crippen molar-refractivity contribution in [2.75, 3.05) is 0 Å². The fraction of sp³-hybridized carbons (Fsp3) is 0. The summed E-state index contributed by atoms with van der Waals surface area (Å²) in [6.07, 6.45) is 0. The Morgan fingerprint density at radius 3 is 1.25 bits per heavy atom. The van der Waals surface area contributed by atoms with Gasteiger partial charge in [0.25, 0.3) is 0 Å². The van der Waals surface area contributed by atoms with Crippen molar-refractivity contribution in [3.63, 3.8) is 0 Å². The van der Waals surface area contributed by atoms with Gasteiger partial charge >= 0.3 is 37.2 Å². The second kappa shape index (κ2) is 9.01. The fourth-order valence-electron chi connectivity index (χ4n) is 0. The van der Waals surface area contributed by atoms with E-state index in [9.17, 15) is 0 Å². The van der Waals surface area contributed by atoms with Crippen LogP contribution in [0.4, 0.5) is 0 Å². The summed E-state index contributed by atoms with van der Waals surface area (Å²) in [7, 11) is -0.750. The summed E-state index contributed by atoms with van der Waals surface area (Å²) in [5.41, 5.74) is 0. The normalized spacial score (nSPS) is 3.50. The van der Waals surface area contributed by atoms with Gasteiger partial charge in [-0.1, -0.05) is 0 Å². The average Bonchev–Trinajstić information content (AvgIpc) is 0.918. The first kappa shape index (κ1) is 8.88. The van der Waals surface area contributed by atoms with Crippen molar-refractivity contribution < 1.29 is 10.0 Å². The van der Waals surface area contributed by atoms with Crippen LogP contribution >= 0.6 is 0 Å². The minimum atomic E-state index is -0.750. The van der Waals surface area contributed by atoms with Gasteiger partial charge in [-0.05, 0) is 0 Å². The summed E-state index contributed by atoms with van der Waals surface area (Å²) in [6, 6.07) is 0. The first-order chi connectivity index (χ1) is 1.41. The maximum atomic E-state index is 7.12. The van der Waals surface area contributed by atoms with E-state index < -0.39 is 7.69 Å². The van der Waals surface area contributed by atoms with Crippen molar-refractivity contribution in [2.45, 2.75) is 0 Å². The molecular weight excluding hydrogens is 65.8 g/mol. The molecule has 20 valence electrons. The van der Waals surface area contributed by atoms with Crippen LogP contribution in [0.25, 0.3) is 0 Å². The molecule has 0 aromatic carbocycles. The zero-order valence-electron chi connectivity index (χ0n) is 1.60. The first-order valence-electron chi connectivity index (χ1n) is 0.632. The Bertz CT molecular complexity index is 6.00. The van der Waals surface area contributed by atoms with Gasteiger partial charge in [0.1, 0.15) is 0 Å². The van der Waals surface area contributed by atoms with E-state index in [0.717, 1.165) is 0 Å². The van der Waals surface area contributed by atoms with Crippen LogP contribution < -0.4 is 0 Å². The Morgan fingerprint density at radius 2 is 1.25 bits per heavy atom. The van der Waals surface area contributed by atoms with Crippen LogP contribution in [0.5, 0.6) is 0 Å². The van der Waals surface area contributed by atoms with Crippen LogP contribution in [-0.4, -0.2) is 47.3 Å². The molecular formula is H4BNaO2. The Kier molecular flexibility index (Phi) is 20.0. The molecule has 0 bridgehead atoms. The van der Waals surface area contributed by atoms with Gasteiger partial charge in [-0.3, -0.25) is 0 Å². The number of hydrogen-bond acceptors (Lipinski definition) is 2. The molecule has 4 heteroatoms. The van der Waals surface area contributed by atoms with Crippen molar-refractivity contribution in [2.24, 2.45) is 0 Å². The molecule has 0 aliphatic carbocycles. The molecule has 0 aliphatic rings. The molecule has 0 amide bonds. The van der Waals surface area contributed by atoms with Gasteiger partial charge in [-0.15, -0.1) is 0 Å². The van der Waals surface area contributed by atoms with E-state index in [1.54, 1.807) is 0 Å². The van der Waals surface area contributed by atoms with Crippen LogP contribution in [0.1, 0.15) is 0 Å². The average molecular weight is 69.8 g/mol. The summed E-state index contributed by atoms with van der Waals surface area (Å²) in [5, 5.41) is 14.2. The van der Waals surface area contributed by atoms with Gasteiger partial charge in [-0.2, -0.15) is 0 Å². The quantitative estimate of drug-likeness (QED) is 0.311. The maximum absolute atomic E-state index is 7.12. The third-order valence-electron chi connectivity index (χ3n) is 0. The summed E-state index contributed by atoms with van der Waals surface area (Å²) >= 11 is 0. The molecule has 0 saturated heterocycles. The number of hydrogen-bond donors (Lipinski definition) is 2. The fourth-order valence-corrected chi connectivity index (χ4v) is 0. The molecule has 0 aliphatic heterocycles. The summed E-state index contributed by atoms with van der Waals surface area (Å²) in [5.74, 6) is 0. The van der Waals surface area contributed by atoms with Crippen molar-refractivity contribution in [1.29, 1.82) is 0 Å². The van der Waals surface area contributed by atoms with Gasteiger partial charge in [0.15, 0.2) is 0 Å². The molecule has 0 aromatic rings. The molecule has 0 unspecified atom stereocenters. The predicted octanol–water partition coefficient (Wildman–Crippen LogP) is -2.41. The third-order valence-corrected chi connectivity index (χ3v) is 0. The monoisotopic (exact) mass is 70.0 g/mol. The van der Waals surface area contributed by atoms with E-state index in [2.05, 4.69) is 0 Å². The molecule has 0 aromatic heterocycles. The number of rotatable bonds is 0. The Balaban J connectivity index is 0. The van der Waals surface area contributed by atoms with Crippen molar-refractivity contribution in [3.05, 3.63) is 0 Å². The summed E-state index contributed by atoms with van der Waals surface area (Å²) in [6.45, 7) is 0. The molecule has 0 saturated carbocycles. The molecule has 4 heavy (non-hydrogen) atoms. The molecule has 2 nitrogen and oxygen atoms in total. The van der Waals surface area contributed by atoms with E-state index >= 15 is 0 Å². The van der Waals surface area contributed by atoms with Crippen LogP contribution in [0.15, 0.2) is 0 Å². The zero-order valence-corrected chi connectivity index (χ0v) is 1.60. The van der Waals surface area contributed by atoms with E-state index in [1.165, 1.54) is 0 Å². The molecule has 0 atom stereocenters. The van der Waals surface area contributed by atoms with Gasteiger partial charge in [0.2, 0.25) is 0 Å². The molecule has 0 radical (unpaired) electrons. The van der Waals surface area contributed by atoms with Gasteiger partial charge < -0.3 is 10.0 Å². The van der Waals surface area contributed by atoms with Gasteiger partial charge in [-0.25, -0.2) is 0 Å². The zero-order chi connectivity index (χ0) is 2.71. The first-order valence-corrected chi connectivity index (χ1v) is 0.632. The molecule has 0 heterocycles. The van der Waals surface area contributed by atoms with Crippen LogP contribution in [0.3, 0.4) is 0 Å². The van der Waals surface area contributed by atoms with E-state index in [4.69, 9.17) is 10.0 Å². The Morgan fingerprint density at radius 1 is 1.25 bits per heavy atom. The Labute approximate surface area is 47.4 Å². The summed E-state index contributed by atoms with van der Waals surface area (Å²) < 4.78 is 0. The predicted molar refractivity (Wildman–Crippen MR) is 18.7 cm³/mol. The minimum absolute atomic E-state index is 0. The van der Waals surface area contributed by atoms with Crippen molar-refractivity contribution >= 4 is 37.2 Å². The van der Waals surface area contributed by atoms with Gasteiger partial charge in [0.05, 0.1) is 0 Å². The van der Waals surface area contributed by atoms with Gasteiger partial charge in [0, 0.05) is 0 Å².